The average molecular weight is 377 g/mol. The number of amides is 1. The molecule has 0 unspecified atom stereocenters. The number of aryl methyl sites for hydroxylation is 1. The van der Waals surface area contributed by atoms with E-state index in [0.717, 1.165) is 56.6 Å². The van der Waals surface area contributed by atoms with Crippen molar-refractivity contribution in [3.63, 3.8) is 0 Å². The largest absolute Gasteiger partial charge is 0.384 e. The van der Waals surface area contributed by atoms with Crippen LogP contribution in [0, 0.1) is 12.3 Å². The molecule has 28 heavy (non-hydrogen) atoms. The van der Waals surface area contributed by atoms with Crippen molar-refractivity contribution < 1.29 is 4.79 Å². The van der Waals surface area contributed by atoms with E-state index >= 15 is 0 Å². The molecule has 0 atom stereocenters. The molecule has 1 heterocycles. The molecule has 2 fully saturated rings. The lowest BCUT2D eigenvalue weighted by molar-refractivity contribution is -0.132. The molecule has 1 aliphatic heterocycles. The van der Waals surface area contributed by atoms with E-state index in [1.165, 1.54) is 16.7 Å². The molecule has 0 bridgehead atoms. The van der Waals surface area contributed by atoms with E-state index in [1.807, 2.05) is 24.3 Å². The van der Waals surface area contributed by atoms with Gasteiger partial charge in [0.25, 0.3) is 0 Å². The Bertz CT molecular complexity index is 893. The number of carbonyl (C=O) groups excluding carboxylic acids is 1. The number of nitrogens with zero attached hydrogens (tertiary/aromatic N) is 1. The zero-order valence-corrected chi connectivity index (χ0v) is 16.4. The molecule has 2 aromatic rings. The maximum absolute atomic E-state index is 13.0. The van der Waals surface area contributed by atoms with Gasteiger partial charge in [-0.25, -0.2) is 0 Å². The molecule has 1 saturated heterocycles. The van der Waals surface area contributed by atoms with E-state index in [4.69, 9.17) is 11.1 Å². The molecule has 1 aliphatic carbocycles. The Kier molecular flexibility index (Phi) is 4.84. The zero-order valence-electron chi connectivity index (χ0n) is 16.4. The van der Waals surface area contributed by atoms with Crippen LogP contribution in [0.5, 0.6) is 0 Å². The van der Waals surface area contributed by atoms with E-state index in [9.17, 15) is 4.79 Å². The van der Waals surface area contributed by atoms with Gasteiger partial charge in [0.05, 0.1) is 5.41 Å². The van der Waals surface area contributed by atoms with Crippen LogP contribution in [-0.4, -0.2) is 29.7 Å². The van der Waals surface area contributed by atoms with E-state index in [2.05, 4.69) is 35.3 Å². The van der Waals surface area contributed by atoms with Crippen LogP contribution in [0.4, 0.5) is 5.69 Å². The van der Waals surface area contributed by atoms with E-state index < -0.39 is 0 Å². The number of hydrogen-bond acceptors (Lipinski definition) is 3. The van der Waals surface area contributed by atoms with Crippen molar-refractivity contribution in [2.24, 2.45) is 5.73 Å². The standard InChI is InChI=1S/C23H28N4O/c1-16-14-19(23(10-11-23)22(28)27-12-2-3-13-27)7-4-18(16)15-26-20-8-5-17(6-9-20)21(24)25/h4-9,14,26H,2-3,10-13,15H2,1H3,(H3,24,25). The summed E-state index contributed by atoms with van der Waals surface area (Å²) in [6, 6.07) is 14.1. The Hall–Kier alpha value is -2.82. The quantitative estimate of drug-likeness (QED) is 0.533. The van der Waals surface area contributed by atoms with Gasteiger partial charge in [0.2, 0.25) is 5.91 Å². The third-order valence-electron chi connectivity index (χ3n) is 6.13. The molecule has 2 aromatic carbocycles. The molecule has 1 amide bonds. The maximum atomic E-state index is 13.0. The van der Waals surface area contributed by atoms with Crippen LogP contribution < -0.4 is 11.1 Å². The second-order valence-corrected chi connectivity index (χ2v) is 8.07. The summed E-state index contributed by atoms with van der Waals surface area (Å²) in [7, 11) is 0. The molecular formula is C23H28N4O. The Balaban J connectivity index is 1.44. The van der Waals surface area contributed by atoms with Crippen LogP contribution in [0.25, 0.3) is 0 Å². The second kappa shape index (κ2) is 7.30. The van der Waals surface area contributed by atoms with Gasteiger partial charge < -0.3 is 16.0 Å². The number of hydrogen-bond donors (Lipinski definition) is 3. The van der Waals surface area contributed by atoms with Crippen molar-refractivity contribution in [3.8, 4) is 0 Å². The molecule has 146 valence electrons. The topological polar surface area (TPSA) is 82.2 Å². The van der Waals surface area contributed by atoms with Gasteiger partial charge in [-0.05, 0) is 73.6 Å². The van der Waals surface area contributed by atoms with Crippen molar-refractivity contribution in [2.45, 2.75) is 44.6 Å². The molecule has 4 rings (SSSR count). The summed E-state index contributed by atoms with van der Waals surface area (Å²) in [5.41, 5.74) is 10.6. The first-order chi connectivity index (χ1) is 13.5. The highest BCUT2D eigenvalue weighted by Gasteiger charge is 2.53. The number of nitrogens with one attached hydrogen (secondary N) is 2. The number of nitrogens with two attached hydrogens (primary N) is 1. The second-order valence-electron chi connectivity index (χ2n) is 8.07. The molecule has 5 nitrogen and oxygen atoms in total. The van der Waals surface area contributed by atoms with Crippen molar-refractivity contribution in [3.05, 3.63) is 64.7 Å². The van der Waals surface area contributed by atoms with E-state index in [0.29, 0.717) is 5.91 Å². The number of amidine groups is 1. The van der Waals surface area contributed by atoms with Gasteiger partial charge in [-0.3, -0.25) is 10.2 Å². The minimum absolute atomic E-state index is 0.0791. The van der Waals surface area contributed by atoms with Crippen molar-refractivity contribution in [1.82, 2.24) is 4.90 Å². The van der Waals surface area contributed by atoms with Crippen molar-refractivity contribution in [2.75, 3.05) is 18.4 Å². The van der Waals surface area contributed by atoms with Crippen LogP contribution in [0.1, 0.15) is 47.9 Å². The fourth-order valence-corrected chi connectivity index (χ4v) is 4.13. The van der Waals surface area contributed by atoms with E-state index in [1.54, 1.807) is 0 Å². The third kappa shape index (κ3) is 3.49. The zero-order chi connectivity index (χ0) is 19.7. The van der Waals surface area contributed by atoms with E-state index in [-0.39, 0.29) is 11.3 Å². The van der Waals surface area contributed by atoms with Crippen LogP contribution in [0.2, 0.25) is 0 Å². The van der Waals surface area contributed by atoms with Crippen LogP contribution in [-0.2, 0) is 16.8 Å². The number of nitrogen functional groups attached to an aromatic ring is 1. The van der Waals surface area contributed by atoms with Gasteiger partial charge >= 0.3 is 0 Å². The minimum atomic E-state index is -0.260. The van der Waals surface area contributed by atoms with Gasteiger partial charge in [-0.15, -0.1) is 0 Å². The summed E-state index contributed by atoms with van der Waals surface area (Å²) in [4.78, 5) is 15.1. The summed E-state index contributed by atoms with van der Waals surface area (Å²) < 4.78 is 0. The smallest absolute Gasteiger partial charge is 0.233 e. The Morgan fingerprint density at radius 2 is 1.82 bits per heavy atom. The monoisotopic (exact) mass is 376 g/mol. The van der Waals surface area contributed by atoms with Gasteiger partial charge in [-0.1, -0.05) is 18.2 Å². The highest BCUT2D eigenvalue weighted by molar-refractivity contribution is 5.95. The predicted octanol–water partition coefficient (Wildman–Crippen LogP) is 3.55. The fourth-order valence-electron chi connectivity index (χ4n) is 4.13. The fraction of sp³-hybridized carbons (Fsp3) is 0.391. The Labute approximate surface area is 166 Å². The van der Waals surface area contributed by atoms with Gasteiger partial charge in [0, 0.05) is 30.9 Å². The lowest BCUT2D eigenvalue weighted by Gasteiger charge is -2.24. The number of anilines is 1. The van der Waals surface area contributed by atoms with Gasteiger partial charge in [0.15, 0.2) is 0 Å². The summed E-state index contributed by atoms with van der Waals surface area (Å²) in [5.74, 6) is 0.413. The van der Waals surface area contributed by atoms with Crippen LogP contribution in [0.3, 0.4) is 0 Å². The Morgan fingerprint density at radius 3 is 2.39 bits per heavy atom. The maximum Gasteiger partial charge on any atom is 0.233 e. The normalized spacial score (nSPS) is 17.4. The van der Waals surface area contributed by atoms with Gasteiger partial charge in [0.1, 0.15) is 5.84 Å². The summed E-state index contributed by atoms with van der Waals surface area (Å²) in [5, 5.41) is 10.9. The number of benzene rings is 2. The molecule has 1 saturated carbocycles. The SMILES string of the molecule is Cc1cc(C2(C(=O)N3CCCC3)CC2)ccc1CNc1ccc(C(=N)N)cc1. The van der Waals surface area contributed by atoms with Crippen LogP contribution >= 0.6 is 0 Å². The van der Waals surface area contributed by atoms with Crippen molar-refractivity contribution >= 4 is 17.4 Å². The van der Waals surface area contributed by atoms with Crippen LogP contribution in [0.15, 0.2) is 42.5 Å². The number of carbonyl (C=O) groups is 1. The first-order valence-electron chi connectivity index (χ1n) is 10.1. The molecule has 5 heteroatoms. The molecule has 0 aromatic heterocycles. The molecular weight excluding hydrogens is 348 g/mol. The third-order valence-corrected chi connectivity index (χ3v) is 6.13. The predicted molar refractivity (Wildman–Crippen MR) is 113 cm³/mol. The summed E-state index contributed by atoms with van der Waals surface area (Å²) in [6.07, 6.45) is 4.22. The molecule has 4 N–H and O–H groups in total. The number of rotatable bonds is 6. The first-order valence-corrected chi connectivity index (χ1v) is 10.1. The first kappa shape index (κ1) is 18.5. The highest BCUT2D eigenvalue weighted by Crippen LogP contribution is 2.50. The van der Waals surface area contributed by atoms with Gasteiger partial charge in [-0.2, -0.15) is 0 Å². The minimum Gasteiger partial charge on any atom is -0.384 e. The lowest BCUT2D eigenvalue weighted by atomic mass is 9.91. The lowest BCUT2D eigenvalue weighted by Crippen LogP contribution is -2.37. The summed E-state index contributed by atoms with van der Waals surface area (Å²) in [6.45, 7) is 4.68. The molecule has 0 spiro atoms. The average Bonchev–Trinajstić information content (AvgIpc) is 3.33. The highest BCUT2D eigenvalue weighted by atomic mass is 16.2. The number of likely N-dealkylation sites (tertiary alicyclic amines) is 1. The Morgan fingerprint density at radius 1 is 1.14 bits per heavy atom. The van der Waals surface area contributed by atoms with Crippen molar-refractivity contribution in [1.29, 1.82) is 5.41 Å². The molecule has 2 aliphatic rings. The molecule has 0 radical (unpaired) electrons. The summed E-state index contributed by atoms with van der Waals surface area (Å²) >= 11 is 0.